The molecule has 0 aliphatic rings. The molecule has 3 rings (SSSR count). The van der Waals surface area contributed by atoms with Crippen LogP contribution in [0.5, 0.6) is 11.5 Å². The van der Waals surface area contributed by atoms with E-state index in [1.165, 1.54) is 12.1 Å². The van der Waals surface area contributed by atoms with E-state index in [1.54, 1.807) is 31.2 Å². The summed E-state index contributed by atoms with van der Waals surface area (Å²) in [5.41, 5.74) is 0.136. The molecule has 0 bridgehead atoms. The molecule has 7 heteroatoms. The number of hydrogen-bond acceptors (Lipinski definition) is 6. The van der Waals surface area contributed by atoms with Gasteiger partial charge in [-0.25, -0.2) is 4.79 Å². The number of fused-ring (bicyclic) bond motifs is 1. The topological polar surface area (TPSA) is 86.0 Å². The molecule has 0 fully saturated rings. The predicted molar refractivity (Wildman–Crippen MR) is 92.2 cm³/mol. The summed E-state index contributed by atoms with van der Waals surface area (Å²) in [6.07, 6.45) is -0.982. The minimum absolute atomic E-state index is 0.0154. The van der Waals surface area contributed by atoms with Crippen molar-refractivity contribution in [1.82, 2.24) is 0 Å². The summed E-state index contributed by atoms with van der Waals surface area (Å²) < 4.78 is 15.4. The lowest BCUT2D eigenvalue weighted by Crippen LogP contribution is -2.12. The van der Waals surface area contributed by atoms with Crippen LogP contribution < -0.4 is 10.2 Å². The van der Waals surface area contributed by atoms with Gasteiger partial charge in [-0.2, -0.15) is 0 Å². The molecule has 0 unspecified atom stereocenters. The Balaban J connectivity index is 2.18. The third-order valence-electron chi connectivity index (χ3n) is 3.37. The maximum absolute atomic E-state index is 12.5. The van der Waals surface area contributed by atoms with Crippen LogP contribution >= 0.6 is 11.6 Å². The van der Waals surface area contributed by atoms with Crippen molar-refractivity contribution in [3.05, 3.63) is 57.7 Å². The van der Waals surface area contributed by atoms with Crippen molar-refractivity contribution in [2.45, 2.75) is 6.92 Å². The summed E-state index contributed by atoms with van der Waals surface area (Å²) >= 11 is 6.13. The Labute approximate surface area is 147 Å². The van der Waals surface area contributed by atoms with Crippen LogP contribution in [0.4, 0.5) is 4.79 Å². The summed E-state index contributed by atoms with van der Waals surface area (Å²) in [6.45, 7) is 1.73. The molecule has 25 heavy (non-hydrogen) atoms. The fraction of sp³-hybridized carbons (Fsp3) is 0.111. The lowest BCUT2D eigenvalue weighted by Gasteiger charge is -2.09. The van der Waals surface area contributed by atoms with Gasteiger partial charge in [-0.05, 0) is 19.1 Å². The van der Waals surface area contributed by atoms with E-state index in [0.717, 1.165) is 6.07 Å². The highest BCUT2D eigenvalue weighted by molar-refractivity contribution is 6.33. The van der Waals surface area contributed by atoms with Crippen molar-refractivity contribution >= 4 is 28.7 Å². The van der Waals surface area contributed by atoms with Gasteiger partial charge in [-0.1, -0.05) is 23.7 Å². The first-order valence-corrected chi connectivity index (χ1v) is 7.77. The van der Waals surface area contributed by atoms with Crippen LogP contribution in [0.25, 0.3) is 22.3 Å². The molecule has 0 saturated heterocycles. The molecule has 0 spiro atoms. The average molecular weight is 361 g/mol. The molecule has 2 aromatic carbocycles. The van der Waals surface area contributed by atoms with Crippen LogP contribution in [0, 0.1) is 0 Å². The van der Waals surface area contributed by atoms with Crippen molar-refractivity contribution in [3.8, 4) is 22.8 Å². The molecule has 1 heterocycles. The molecule has 0 amide bonds. The molecule has 0 aliphatic heterocycles. The molecule has 0 atom stereocenters. The van der Waals surface area contributed by atoms with Gasteiger partial charge in [0.15, 0.2) is 11.2 Å². The monoisotopic (exact) mass is 360 g/mol. The molecular formula is C18H13ClO6. The normalized spacial score (nSPS) is 10.6. The smallest absolute Gasteiger partial charge is 0.508 e. The number of phenols is 1. The Morgan fingerprint density at radius 2 is 2.00 bits per heavy atom. The molecule has 0 aliphatic carbocycles. The maximum atomic E-state index is 12.5. The SMILES string of the molecule is CCOC(=O)Oc1cc(O)cc2oc(-c3ccccc3Cl)cc(=O)c12. The van der Waals surface area contributed by atoms with Crippen LogP contribution in [0.15, 0.2) is 51.7 Å². The summed E-state index contributed by atoms with van der Waals surface area (Å²) in [7, 11) is 0. The predicted octanol–water partition coefficient (Wildman–Crippen LogP) is 4.35. The van der Waals surface area contributed by atoms with E-state index in [-0.39, 0.29) is 34.8 Å². The van der Waals surface area contributed by atoms with Crippen molar-refractivity contribution < 1.29 is 23.8 Å². The van der Waals surface area contributed by atoms with Crippen LogP contribution in [0.1, 0.15) is 6.92 Å². The number of ether oxygens (including phenoxy) is 2. The summed E-state index contributed by atoms with van der Waals surface area (Å²) in [4.78, 5) is 24.1. The van der Waals surface area contributed by atoms with Gasteiger partial charge in [0.2, 0.25) is 0 Å². The minimum Gasteiger partial charge on any atom is -0.508 e. The van der Waals surface area contributed by atoms with E-state index in [9.17, 15) is 14.7 Å². The molecule has 128 valence electrons. The molecule has 0 radical (unpaired) electrons. The van der Waals surface area contributed by atoms with Gasteiger partial charge in [-0.15, -0.1) is 0 Å². The number of carbonyl (C=O) groups excluding carboxylic acids is 1. The Hall–Kier alpha value is -2.99. The Kier molecular flexibility index (Phi) is 4.63. The fourth-order valence-electron chi connectivity index (χ4n) is 2.35. The van der Waals surface area contributed by atoms with Crippen molar-refractivity contribution in [2.24, 2.45) is 0 Å². The minimum atomic E-state index is -0.982. The fourth-order valence-corrected chi connectivity index (χ4v) is 2.58. The quantitative estimate of drug-likeness (QED) is 0.552. The number of phenolic OH excluding ortho intramolecular Hbond substituents is 1. The van der Waals surface area contributed by atoms with Gasteiger partial charge in [0.1, 0.15) is 22.5 Å². The largest absolute Gasteiger partial charge is 0.513 e. The van der Waals surface area contributed by atoms with Gasteiger partial charge < -0.3 is 19.0 Å². The lowest BCUT2D eigenvalue weighted by molar-refractivity contribution is 0.105. The number of halogens is 1. The summed E-state index contributed by atoms with van der Waals surface area (Å²) in [5, 5.41) is 10.3. The first kappa shape index (κ1) is 16.9. The first-order chi connectivity index (χ1) is 12.0. The Morgan fingerprint density at radius 3 is 2.72 bits per heavy atom. The van der Waals surface area contributed by atoms with E-state index in [2.05, 4.69) is 0 Å². The Bertz CT molecular complexity index is 1010. The first-order valence-electron chi connectivity index (χ1n) is 7.40. The van der Waals surface area contributed by atoms with Crippen LogP contribution in [0.2, 0.25) is 5.02 Å². The second kappa shape index (κ2) is 6.86. The Morgan fingerprint density at radius 1 is 1.24 bits per heavy atom. The van der Waals surface area contributed by atoms with E-state index in [0.29, 0.717) is 10.6 Å². The van der Waals surface area contributed by atoms with Crippen molar-refractivity contribution in [1.29, 1.82) is 0 Å². The standard InChI is InChI=1S/C18H13ClO6/c1-2-23-18(22)25-16-8-10(20)7-15-17(16)13(21)9-14(24-15)11-5-3-4-6-12(11)19/h3-9,20H,2H2,1H3. The van der Waals surface area contributed by atoms with E-state index >= 15 is 0 Å². The highest BCUT2D eigenvalue weighted by atomic mass is 35.5. The number of carbonyl (C=O) groups is 1. The van der Waals surface area contributed by atoms with Crippen molar-refractivity contribution in [3.63, 3.8) is 0 Å². The van der Waals surface area contributed by atoms with E-state index < -0.39 is 11.6 Å². The number of benzene rings is 2. The van der Waals surface area contributed by atoms with Crippen LogP contribution in [0.3, 0.4) is 0 Å². The second-order valence-electron chi connectivity index (χ2n) is 5.06. The van der Waals surface area contributed by atoms with E-state index in [4.69, 9.17) is 25.5 Å². The van der Waals surface area contributed by atoms with Crippen LogP contribution in [-0.4, -0.2) is 17.9 Å². The number of hydrogen-bond donors (Lipinski definition) is 1. The second-order valence-corrected chi connectivity index (χ2v) is 5.46. The van der Waals surface area contributed by atoms with Crippen molar-refractivity contribution in [2.75, 3.05) is 6.61 Å². The highest BCUT2D eigenvalue weighted by Gasteiger charge is 2.17. The summed E-state index contributed by atoms with van der Waals surface area (Å²) in [5.74, 6) is -0.144. The number of rotatable bonds is 3. The molecule has 0 saturated carbocycles. The van der Waals surface area contributed by atoms with Crippen LogP contribution in [-0.2, 0) is 4.74 Å². The molecule has 3 aromatic rings. The average Bonchev–Trinajstić information content (AvgIpc) is 2.54. The molecule has 6 nitrogen and oxygen atoms in total. The molecule has 1 aromatic heterocycles. The maximum Gasteiger partial charge on any atom is 0.513 e. The third-order valence-corrected chi connectivity index (χ3v) is 3.70. The van der Waals surface area contributed by atoms with Gasteiger partial charge in [-0.3, -0.25) is 4.79 Å². The molecular weight excluding hydrogens is 348 g/mol. The highest BCUT2D eigenvalue weighted by Crippen LogP contribution is 2.33. The van der Waals surface area contributed by atoms with Gasteiger partial charge in [0, 0.05) is 23.8 Å². The summed E-state index contributed by atoms with van der Waals surface area (Å²) in [6, 6.07) is 10.5. The zero-order valence-corrected chi connectivity index (χ0v) is 13.9. The van der Waals surface area contributed by atoms with Gasteiger partial charge >= 0.3 is 6.16 Å². The molecule has 1 N–H and O–H groups in total. The zero-order valence-electron chi connectivity index (χ0n) is 13.1. The third kappa shape index (κ3) is 3.44. The van der Waals surface area contributed by atoms with E-state index in [1.807, 2.05) is 0 Å². The lowest BCUT2D eigenvalue weighted by atomic mass is 10.1. The number of aromatic hydroxyl groups is 1. The zero-order chi connectivity index (χ0) is 18.0. The van der Waals surface area contributed by atoms with Gasteiger partial charge in [0.05, 0.1) is 11.6 Å². The van der Waals surface area contributed by atoms with Gasteiger partial charge in [0.25, 0.3) is 0 Å².